The van der Waals surface area contributed by atoms with Crippen molar-refractivity contribution in [1.82, 2.24) is 25.5 Å². The lowest BCUT2D eigenvalue weighted by Crippen LogP contribution is -2.47. The van der Waals surface area contributed by atoms with Gasteiger partial charge in [-0.3, -0.25) is 5.32 Å². The summed E-state index contributed by atoms with van der Waals surface area (Å²) in [5, 5.41) is 17.6. The predicted octanol–water partition coefficient (Wildman–Crippen LogP) is 7.81. The first kappa shape index (κ1) is 34.6. The average molecular weight is 658 g/mol. The molecule has 1 aromatic heterocycles. The zero-order chi connectivity index (χ0) is 34.3. The van der Waals surface area contributed by atoms with Crippen LogP contribution in [0.1, 0.15) is 81.1 Å². The smallest absolute Gasteiger partial charge is 0.457 e. The van der Waals surface area contributed by atoms with E-state index in [0.717, 1.165) is 65.8 Å². The molecule has 1 atom stereocenters. The Labute approximate surface area is 291 Å². The van der Waals surface area contributed by atoms with E-state index in [9.17, 15) is 0 Å². The Kier molecular flexibility index (Phi) is 10.6. The molecule has 0 radical (unpaired) electrons. The number of para-hydroxylation sites is 1. The fourth-order valence-electron chi connectivity index (χ4n) is 6.84. The van der Waals surface area contributed by atoms with Crippen LogP contribution in [0.5, 0.6) is 5.75 Å². The maximum atomic E-state index is 6.32. The van der Waals surface area contributed by atoms with Crippen molar-refractivity contribution in [3.05, 3.63) is 143 Å². The number of unbranched alkanes of at least 4 members (excludes halogenated alkanes) is 1. The molecule has 0 bridgehead atoms. The van der Waals surface area contributed by atoms with E-state index >= 15 is 0 Å². The van der Waals surface area contributed by atoms with E-state index in [2.05, 4.69) is 146 Å². The summed E-state index contributed by atoms with van der Waals surface area (Å²) in [6.45, 7) is 9.04. The summed E-state index contributed by atoms with van der Waals surface area (Å²) >= 11 is 0. The van der Waals surface area contributed by atoms with Gasteiger partial charge in [0.25, 0.3) is 0 Å². The third-order valence-electron chi connectivity index (χ3n) is 10.2. The lowest BCUT2D eigenvalue weighted by atomic mass is 9.76. The first-order valence-corrected chi connectivity index (χ1v) is 17.4. The standard InChI is InChI=1S/C40H48BN5O3/c1-38(2)39(3,4)49-41(48-38)29-18-17-26-35(37-43-44-45-46(37)30-28-31-19-15-16-27-36(31)47-5)42-40(32-20-9-6-10-21-32,33-22-11-7-12-23-33)34-24-13-8-14-25-34/h6-16,19-25,27,35,42H,17-18,26,28-30H2,1-5H3. The largest absolute Gasteiger partial charge is 0.496 e. The van der Waals surface area contributed by atoms with Crippen LogP contribution in [0.25, 0.3) is 0 Å². The number of hydrogen-bond acceptors (Lipinski definition) is 7. The zero-order valence-corrected chi connectivity index (χ0v) is 29.4. The predicted molar refractivity (Wildman–Crippen MR) is 194 cm³/mol. The maximum absolute atomic E-state index is 6.32. The number of aromatic nitrogens is 4. The van der Waals surface area contributed by atoms with Gasteiger partial charge in [-0.25, -0.2) is 4.68 Å². The van der Waals surface area contributed by atoms with Gasteiger partial charge in [-0.15, -0.1) is 5.10 Å². The fraction of sp³-hybridized carbons (Fsp3) is 0.375. The molecule has 0 spiro atoms. The minimum absolute atomic E-state index is 0.188. The highest BCUT2D eigenvalue weighted by Gasteiger charge is 2.50. The average Bonchev–Trinajstić information content (AvgIpc) is 3.68. The topological polar surface area (TPSA) is 83.3 Å². The Morgan fingerprint density at radius 1 is 0.755 bits per heavy atom. The van der Waals surface area contributed by atoms with Crippen LogP contribution in [0.3, 0.4) is 0 Å². The third kappa shape index (κ3) is 7.49. The van der Waals surface area contributed by atoms with Crippen molar-refractivity contribution in [2.75, 3.05) is 7.11 Å². The van der Waals surface area contributed by atoms with Gasteiger partial charge < -0.3 is 14.0 Å². The molecule has 0 aliphatic carbocycles. The van der Waals surface area contributed by atoms with Crippen LogP contribution in [0.2, 0.25) is 6.32 Å². The van der Waals surface area contributed by atoms with Crippen LogP contribution in [-0.2, 0) is 27.8 Å². The van der Waals surface area contributed by atoms with E-state index in [-0.39, 0.29) is 24.4 Å². The highest BCUT2D eigenvalue weighted by molar-refractivity contribution is 6.45. The summed E-state index contributed by atoms with van der Waals surface area (Å²) in [5.74, 6) is 1.67. The van der Waals surface area contributed by atoms with E-state index in [1.54, 1.807) is 7.11 Å². The number of ether oxygens (including phenoxy) is 1. The summed E-state index contributed by atoms with van der Waals surface area (Å²) in [6, 6.07) is 40.0. The Morgan fingerprint density at radius 3 is 1.84 bits per heavy atom. The number of hydrogen-bond donors (Lipinski definition) is 1. The summed E-state index contributed by atoms with van der Waals surface area (Å²) in [7, 11) is 1.49. The van der Waals surface area contributed by atoms with Crippen molar-refractivity contribution < 1.29 is 14.0 Å². The lowest BCUT2D eigenvalue weighted by molar-refractivity contribution is 0.00578. The number of aryl methyl sites for hydroxylation is 2. The zero-order valence-electron chi connectivity index (χ0n) is 29.4. The van der Waals surface area contributed by atoms with E-state index < -0.39 is 5.54 Å². The van der Waals surface area contributed by atoms with Crippen LogP contribution < -0.4 is 10.1 Å². The maximum Gasteiger partial charge on any atom is 0.457 e. The molecule has 1 fully saturated rings. The molecule has 0 amide bonds. The van der Waals surface area contributed by atoms with Gasteiger partial charge in [-0.2, -0.15) is 0 Å². The first-order valence-electron chi connectivity index (χ1n) is 17.4. The van der Waals surface area contributed by atoms with Gasteiger partial charge in [-0.05, 0) is 85.6 Å². The third-order valence-corrected chi connectivity index (χ3v) is 10.2. The highest BCUT2D eigenvalue weighted by Crippen LogP contribution is 2.41. The van der Waals surface area contributed by atoms with Crippen molar-refractivity contribution in [2.45, 2.75) is 89.0 Å². The van der Waals surface area contributed by atoms with Gasteiger partial charge >= 0.3 is 7.12 Å². The molecule has 8 nitrogen and oxygen atoms in total. The van der Waals surface area contributed by atoms with Gasteiger partial charge in [0, 0.05) is 6.54 Å². The molecule has 1 unspecified atom stereocenters. The number of nitrogens with zero attached hydrogens (tertiary/aromatic N) is 4. The van der Waals surface area contributed by atoms with Crippen LogP contribution in [-0.4, -0.2) is 45.6 Å². The summed E-state index contributed by atoms with van der Waals surface area (Å²) in [4.78, 5) is 0. The normalized spacial score (nSPS) is 16.1. The molecule has 0 saturated carbocycles. The molecule has 49 heavy (non-hydrogen) atoms. The van der Waals surface area contributed by atoms with E-state index in [0.29, 0.717) is 6.54 Å². The second-order valence-corrected chi connectivity index (χ2v) is 13.8. The molecule has 1 N–H and O–H groups in total. The van der Waals surface area contributed by atoms with Crippen molar-refractivity contribution in [3.8, 4) is 5.75 Å². The van der Waals surface area contributed by atoms with Crippen molar-refractivity contribution >= 4 is 7.12 Å². The Balaban J connectivity index is 1.35. The van der Waals surface area contributed by atoms with Crippen molar-refractivity contribution in [3.63, 3.8) is 0 Å². The summed E-state index contributed by atoms with van der Waals surface area (Å²) in [5.41, 5.74) is 3.18. The van der Waals surface area contributed by atoms with E-state index in [1.165, 1.54) is 0 Å². The van der Waals surface area contributed by atoms with Gasteiger partial charge in [0.2, 0.25) is 0 Å². The molecule has 4 aromatic carbocycles. The molecular formula is C40H48BN5O3. The monoisotopic (exact) mass is 657 g/mol. The highest BCUT2D eigenvalue weighted by atomic mass is 16.7. The van der Waals surface area contributed by atoms with Gasteiger partial charge in [0.1, 0.15) is 5.75 Å². The van der Waals surface area contributed by atoms with Gasteiger partial charge in [0.15, 0.2) is 5.82 Å². The molecular weight excluding hydrogens is 609 g/mol. The van der Waals surface area contributed by atoms with Crippen molar-refractivity contribution in [1.29, 1.82) is 0 Å². The molecule has 2 heterocycles. The minimum Gasteiger partial charge on any atom is -0.496 e. The quantitative estimate of drug-likeness (QED) is 0.0699. The summed E-state index contributed by atoms with van der Waals surface area (Å²) < 4.78 is 20.2. The van der Waals surface area contributed by atoms with Crippen LogP contribution >= 0.6 is 0 Å². The summed E-state index contributed by atoms with van der Waals surface area (Å²) in [6.07, 6.45) is 4.22. The van der Waals surface area contributed by atoms with Crippen LogP contribution in [0.4, 0.5) is 0 Å². The lowest BCUT2D eigenvalue weighted by Gasteiger charge is -2.40. The van der Waals surface area contributed by atoms with Gasteiger partial charge in [-0.1, -0.05) is 122 Å². The molecule has 9 heteroatoms. The number of methoxy groups -OCH3 is 1. The minimum atomic E-state index is -0.681. The SMILES string of the molecule is COc1ccccc1CCn1nnnc1C(CCCCB1OC(C)(C)C(C)(C)O1)NC(c1ccccc1)(c1ccccc1)c1ccccc1. The first-order chi connectivity index (χ1) is 23.7. The van der Waals surface area contributed by atoms with Crippen LogP contribution in [0.15, 0.2) is 115 Å². The molecule has 1 aliphatic heterocycles. The molecule has 254 valence electrons. The number of benzene rings is 4. The molecule has 1 aliphatic rings. The number of nitrogens with one attached hydrogen (secondary N) is 1. The van der Waals surface area contributed by atoms with E-state index in [4.69, 9.17) is 14.0 Å². The second-order valence-electron chi connectivity index (χ2n) is 13.8. The number of tetrazole rings is 1. The fourth-order valence-corrected chi connectivity index (χ4v) is 6.84. The van der Waals surface area contributed by atoms with Crippen molar-refractivity contribution in [2.24, 2.45) is 0 Å². The Hall–Kier alpha value is -4.31. The molecule has 1 saturated heterocycles. The Morgan fingerprint density at radius 2 is 1.29 bits per heavy atom. The molecule has 6 rings (SSSR count). The van der Waals surface area contributed by atoms with Gasteiger partial charge in [0.05, 0.1) is 29.9 Å². The van der Waals surface area contributed by atoms with Crippen LogP contribution in [0, 0.1) is 0 Å². The molecule has 5 aromatic rings. The second kappa shape index (κ2) is 15.1. The number of rotatable bonds is 15. The Bertz CT molecular complexity index is 1650. The van der Waals surface area contributed by atoms with E-state index in [1.807, 2.05) is 22.9 Å².